The van der Waals surface area contributed by atoms with Crippen LogP contribution in [0.15, 0.2) is 40.2 Å². The third-order valence-corrected chi connectivity index (χ3v) is 4.69. The van der Waals surface area contributed by atoms with Crippen LogP contribution in [0.5, 0.6) is 5.75 Å². The topological polar surface area (TPSA) is 32.3 Å². The lowest BCUT2D eigenvalue weighted by atomic mass is 10.1. The molecular weight excluding hydrogens is 310 g/mol. The molecule has 1 heterocycles. The smallest absolute Gasteiger partial charge is 0.115 e. The van der Waals surface area contributed by atoms with Crippen molar-refractivity contribution in [3.8, 4) is 5.75 Å². The summed E-state index contributed by atoms with van der Waals surface area (Å²) in [6.45, 7) is 3.11. The van der Waals surface area contributed by atoms with Gasteiger partial charge in [-0.3, -0.25) is 0 Å². The molecule has 1 unspecified atom stereocenters. The minimum Gasteiger partial charge on any atom is -0.508 e. The Kier molecular flexibility index (Phi) is 4.80. The van der Waals surface area contributed by atoms with Crippen molar-refractivity contribution in [1.29, 1.82) is 0 Å². The van der Waals surface area contributed by atoms with Crippen molar-refractivity contribution in [3.63, 3.8) is 0 Å². The van der Waals surface area contributed by atoms with Gasteiger partial charge in [-0.05, 0) is 59.6 Å². The third kappa shape index (κ3) is 3.83. The van der Waals surface area contributed by atoms with Crippen LogP contribution in [0.25, 0.3) is 0 Å². The molecule has 0 amide bonds. The molecule has 0 radical (unpaired) electrons. The summed E-state index contributed by atoms with van der Waals surface area (Å²) >= 11 is 5.23. The number of nitrogens with one attached hydrogen (secondary N) is 1. The number of hydrogen-bond acceptors (Lipinski definition) is 3. The lowest BCUT2D eigenvalue weighted by Gasteiger charge is -2.11. The number of rotatable bonds is 5. The maximum absolute atomic E-state index is 9.20. The highest BCUT2D eigenvalue weighted by atomic mass is 79.9. The van der Waals surface area contributed by atoms with E-state index >= 15 is 0 Å². The zero-order chi connectivity index (χ0) is 13.0. The highest BCUT2D eigenvalue weighted by Gasteiger charge is 2.06. The summed E-state index contributed by atoms with van der Waals surface area (Å²) in [4.78, 5) is 1.34. The summed E-state index contributed by atoms with van der Waals surface area (Å²) in [5, 5.41) is 14.8. The molecule has 0 aliphatic heterocycles. The van der Waals surface area contributed by atoms with Crippen molar-refractivity contribution in [2.24, 2.45) is 0 Å². The summed E-state index contributed by atoms with van der Waals surface area (Å²) < 4.78 is 1.15. The number of phenols is 1. The predicted molar refractivity (Wildman–Crippen MR) is 80.2 cm³/mol. The quantitative estimate of drug-likeness (QED) is 0.867. The van der Waals surface area contributed by atoms with Gasteiger partial charge < -0.3 is 10.4 Å². The van der Waals surface area contributed by atoms with Crippen LogP contribution in [0.2, 0.25) is 0 Å². The second-order valence-corrected chi connectivity index (χ2v) is 6.12. The maximum atomic E-state index is 9.20. The molecule has 2 rings (SSSR count). The monoisotopic (exact) mass is 325 g/mol. The fraction of sp³-hybridized carbons (Fsp3) is 0.286. The summed E-state index contributed by atoms with van der Waals surface area (Å²) in [6.07, 6.45) is 0.969. The van der Waals surface area contributed by atoms with Gasteiger partial charge in [-0.25, -0.2) is 0 Å². The molecule has 0 aliphatic rings. The summed E-state index contributed by atoms with van der Waals surface area (Å²) in [7, 11) is 0. The number of benzene rings is 1. The zero-order valence-electron chi connectivity index (χ0n) is 10.2. The summed E-state index contributed by atoms with van der Waals surface area (Å²) in [5.41, 5.74) is 1.24. The van der Waals surface area contributed by atoms with Gasteiger partial charge in [0.25, 0.3) is 0 Å². The third-order valence-electron chi connectivity index (χ3n) is 2.82. The highest BCUT2D eigenvalue weighted by molar-refractivity contribution is 9.10. The molecule has 4 heteroatoms. The van der Waals surface area contributed by atoms with E-state index in [0.29, 0.717) is 11.8 Å². The van der Waals surface area contributed by atoms with E-state index < -0.39 is 0 Å². The van der Waals surface area contributed by atoms with Crippen LogP contribution in [0.4, 0.5) is 0 Å². The first-order valence-corrected chi connectivity index (χ1v) is 7.57. The van der Waals surface area contributed by atoms with Gasteiger partial charge in [0.2, 0.25) is 0 Å². The molecule has 0 fully saturated rings. The Bertz CT molecular complexity index is 495. The molecule has 1 aromatic carbocycles. The standard InChI is InChI=1S/C14H16BrNOS/c1-10(14-8-12(15)9-18-14)16-7-6-11-2-4-13(17)5-3-11/h2-5,8-10,16-17H,6-7H2,1H3. The second kappa shape index (κ2) is 6.36. The average molecular weight is 326 g/mol. The fourth-order valence-electron chi connectivity index (χ4n) is 1.75. The van der Waals surface area contributed by atoms with Gasteiger partial charge in [-0.1, -0.05) is 12.1 Å². The van der Waals surface area contributed by atoms with Gasteiger partial charge in [0.15, 0.2) is 0 Å². The SMILES string of the molecule is CC(NCCc1ccc(O)cc1)c1cc(Br)cs1. The number of hydrogen-bond donors (Lipinski definition) is 2. The van der Waals surface area contributed by atoms with Gasteiger partial charge in [-0.2, -0.15) is 0 Å². The molecule has 2 nitrogen and oxygen atoms in total. The Morgan fingerprint density at radius 1 is 1.33 bits per heavy atom. The van der Waals surface area contributed by atoms with Gasteiger partial charge in [-0.15, -0.1) is 11.3 Å². The number of halogens is 1. The Labute approximate surface area is 120 Å². The van der Waals surface area contributed by atoms with Crippen LogP contribution < -0.4 is 5.32 Å². The zero-order valence-corrected chi connectivity index (χ0v) is 12.6. The van der Waals surface area contributed by atoms with Crippen molar-refractivity contribution < 1.29 is 5.11 Å². The molecule has 0 saturated carbocycles. The largest absolute Gasteiger partial charge is 0.508 e. The van der Waals surface area contributed by atoms with Gasteiger partial charge in [0.05, 0.1) is 0 Å². The average Bonchev–Trinajstić information content (AvgIpc) is 2.78. The van der Waals surface area contributed by atoms with Gasteiger partial charge in [0, 0.05) is 20.8 Å². The molecule has 18 heavy (non-hydrogen) atoms. The van der Waals surface area contributed by atoms with E-state index in [4.69, 9.17) is 0 Å². The van der Waals surface area contributed by atoms with E-state index in [1.807, 2.05) is 12.1 Å². The van der Waals surface area contributed by atoms with E-state index in [1.54, 1.807) is 23.5 Å². The van der Waals surface area contributed by atoms with Gasteiger partial charge in [0.1, 0.15) is 5.75 Å². The van der Waals surface area contributed by atoms with Crippen LogP contribution in [0, 0.1) is 0 Å². The first-order chi connectivity index (χ1) is 8.65. The molecule has 1 aromatic heterocycles. The Morgan fingerprint density at radius 3 is 2.67 bits per heavy atom. The molecule has 0 spiro atoms. The van der Waals surface area contributed by atoms with Crippen molar-refractivity contribution in [2.45, 2.75) is 19.4 Å². The minimum absolute atomic E-state index is 0.323. The second-order valence-electron chi connectivity index (χ2n) is 4.26. The highest BCUT2D eigenvalue weighted by Crippen LogP contribution is 2.25. The van der Waals surface area contributed by atoms with Crippen LogP contribution in [0.3, 0.4) is 0 Å². The van der Waals surface area contributed by atoms with E-state index in [1.165, 1.54) is 10.4 Å². The first kappa shape index (κ1) is 13.6. The molecule has 0 saturated heterocycles. The van der Waals surface area contributed by atoms with Crippen molar-refractivity contribution in [1.82, 2.24) is 5.32 Å². The minimum atomic E-state index is 0.323. The van der Waals surface area contributed by atoms with Crippen molar-refractivity contribution in [3.05, 3.63) is 50.6 Å². The van der Waals surface area contributed by atoms with Crippen LogP contribution in [-0.2, 0) is 6.42 Å². The predicted octanol–water partition coefficient (Wildman–Crippen LogP) is 4.11. The number of aromatic hydroxyl groups is 1. The maximum Gasteiger partial charge on any atom is 0.115 e. The molecule has 1 atom stereocenters. The number of thiophene rings is 1. The van der Waals surface area contributed by atoms with E-state index in [0.717, 1.165) is 17.4 Å². The Hall–Kier alpha value is -0.840. The molecule has 2 N–H and O–H groups in total. The van der Waals surface area contributed by atoms with E-state index in [-0.39, 0.29) is 0 Å². The normalized spacial score (nSPS) is 12.6. The Balaban J connectivity index is 1.80. The lowest BCUT2D eigenvalue weighted by Crippen LogP contribution is -2.20. The first-order valence-electron chi connectivity index (χ1n) is 5.90. The molecule has 0 bridgehead atoms. The van der Waals surface area contributed by atoms with Crippen molar-refractivity contribution >= 4 is 27.3 Å². The summed E-state index contributed by atoms with van der Waals surface area (Å²) in [5.74, 6) is 0.323. The fourth-order valence-corrected chi connectivity index (χ4v) is 3.23. The molecule has 2 aromatic rings. The number of phenolic OH excluding ortho intramolecular Hbond substituents is 1. The van der Waals surface area contributed by atoms with Crippen molar-refractivity contribution in [2.75, 3.05) is 6.54 Å². The molecular formula is C14H16BrNOS. The summed E-state index contributed by atoms with van der Waals surface area (Å²) in [6, 6.07) is 9.92. The van der Waals surface area contributed by atoms with Crippen LogP contribution in [-0.4, -0.2) is 11.7 Å². The van der Waals surface area contributed by atoms with Crippen LogP contribution in [0.1, 0.15) is 23.4 Å². The Morgan fingerprint density at radius 2 is 2.06 bits per heavy atom. The van der Waals surface area contributed by atoms with Gasteiger partial charge >= 0.3 is 0 Å². The van der Waals surface area contributed by atoms with E-state index in [2.05, 4.69) is 39.6 Å². The van der Waals surface area contributed by atoms with Crippen LogP contribution >= 0.6 is 27.3 Å². The molecule has 96 valence electrons. The molecule has 0 aliphatic carbocycles. The van der Waals surface area contributed by atoms with E-state index in [9.17, 15) is 5.11 Å². The lowest BCUT2D eigenvalue weighted by molar-refractivity contribution is 0.475.